The molecule has 0 radical (unpaired) electrons. The largest absolute Gasteiger partial charge is 0.478 e. The maximum Gasteiger partial charge on any atom is 0.338 e. The molecule has 5 N–H and O–H groups in total. The van der Waals surface area contributed by atoms with Crippen LogP contribution < -0.4 is 11.3 Å². The number of nitrogens with two attached hydrogens (primary N) is 1. The van der Waals surface area contributed by atoms with Gasteiger partial charge in [0.05, 0.1) is 5.56 Å². The van der Waals surface area contributed by atoms with E-state index in [-0.39, 0.29) is 11.3 Å². The minimum atomic E-state index is -1.17. The second-order valence-electron chi connectivity index (χ2n) is 2.04. The van der Waals surface area contributed by atoms with Crippen LogP contribution in [0.25, 0.3) is 0 Å². The molecule has 12 heavy (non-hydrogen) atoms. The van der Waals surface area contributed by atoms with Gasteiger partial charge < -0.3 is 10.1 Å². The summed E-state index contributed by atoms with van der Waals surface area (Å²) in [6.45, 7) is 0. The molecule has 1 rings (SSSR count). The van der Waals surface area contributed by atoms with Crippen molar-refractivity contribution in [3.63, 3.8) is 0 Å². The molecule has 0 aliphatic rings. The summed E-state index contributed by atoms with van der Waals surface area (Å²) in [5.74, 6) is 2.99. The Hall–Kier alpha value is -1.82. The summed E-state index contributed by atoms with van der Waals surface area (Å²) in [5, 5.41) is 8.56. The molecule has 0 unspecified atom stereocenters. The number of nitrogens with one attached hydrogen (secondary N) is 2. The van der Waals surface area contributed by atoms with Crippen molar-refractivity contribution < 1.29 is 14.7 Å². The zero-order valence-electron chi connectivity index (χ0n) is 6.00. The Morgan fingerprint density at radius 2 is 2.25 bits per heavy atom. The van der Waals surface area contributed by atoms with E-state index in [0.29, 0.717) is 0 Å². The van der Waals surface area contributed by atoms with Crippen molar-refractivity contribution in [2.24, 2.45) is 5.84 Å². The van der Waals surface area contributed by atoms with Crippen LogP contribution in [0.3, 0.4) is 0 Å². The van der Waals surface area contributed by atoms with Gasteiger partial charge in [0.1, 0.15) is 5.69 Å². The number of aromatic carboxylic acids is 1. The maximum atomic E-state index is 10.9. The van der Waals surface area contributed by atoms with Gasteiger partial charge in [0, 0.05) is 6.20 Å². The van der Waals surface area contributed by atoms with Gasteiger partial charge in [-0.2, -0.15) is 0 Å². The molecule has 0 bridgehead atoms. The molecule has 1 amide bonds. The van der Waals surface area contributed by atoms with E-state index >= 15 is 0 Å². The number of carboxylic acid groups (broad SMARTS) is 1. The Morgan fingerprint density at radius 3 is 2.75 bits per heavy atom. The number of rotatable bonds is 2. The number of aromatic nitrogens is 1. The number of amides is 1. The van der Waals surface area contributed by atoms with E-state index in [4.69, 9.17) is 10.9 Å². The maximum absolute atomic E-state index is 10.9. The van der Waals surface area contributed by atoms with Gasteiger partial charge in [0.25, 0.3) is 5.91 Å². The first kappa shape index (κ1) is 8.28. The summed E-state index contributed by atoms with van der Waals surface area (Å²) < 4.78 is 0. The molecule has 64 valence electrons. The molecule has 1 heterocycles. The Bertz CT molecular complexity index is 318. The lowest BCUT2D eigenvalue weighted by Crippen LogP contribution is -2.31. The number of H-pyrrole nitrogens is 1. The van der Waals surface area contributed by atoms with Crippen molar-refractivity contribution in [3.05, 3.63) is 23.5 Å². The van der Waals surface area contributed by atoms with E-state index in [2.05, 4.69) is 4.98 Å². The molecule has 6 heteroatoms. The Kier molecular flexibility index (Phi) is 2.11. The molecule has 0 aromatic carbocycles. The highest BCUT2D eigenvalue weighted by molar-refractivity contribution is 6.03. The predicted octanol–water partition coefficient (Wildman–Crippen LogP) is -0.684. The van der Waals surface area contributed by atoms with Crippen LogP contribution >= 0.6 is 0 Å². The van der Waals surface area contributed by atoms with Crippen molar-refractivity contribution in [2.45, 2.75) is 0 Å². The van der Waals surface area contributed by atoms with Gasteiger partial charge in [0.15, 0.2) is 0 Å². The molecule has 0 fully saturated rings. The SMILES string of the molecule is NNC(=O)c1[nH]ccc1C(=O)O. The van der Waals surface area contributed by atoms with E-state index in [0.717, 1.165) is 0 Å². The monoisotopic (exact) mass is 169 g/mol. The van der Waals surface area contributed by atoms with Crippen LogP contribution in [0.4, 0.5) is 0 Å². The fourth-order valence-electron chi connectivity index (χ4n) is 0.808. The second kappa shape index (κ2) is 3.05. The standard InChI is InChI=1S/C6H7N3O3/c7-9-5(10)4-3(6(11)12)1-2-8-4/h1-2,8H,7H2,(H,9,10)(H,11,12). The third-order valence-corrected chi connectivity index (χ3v) is 1.34. The van der Waals surface area contributed by atoms with E-state index < -0.39 is 11.9 Å². The lowest BCUT2D eigenvalue weighted by atomic mass is 10.2. The van der Waals surface area contributed by atoms with E-state index in [9.17, 15) is 9.59 Å². The number of hydrogen-bond acceptors (Lipinski definition) is 3. The molecular weight excluding hydrogens is 162 g/mol. The fraction of sp³-hybridized carbons (Fsp3) is 0. The lowest BCUT2D eigenvalue weighted by molar-refractivity contribution is 0.0691. The number of carboxylic acids is 1. The molecule has 1 aromatic heterocycles. The van der Waals surface area contributed by atoms with E-state index in [1.165, 1.54) is 12.3 Å². The van der Waals surface area contributed by atoms with Crippen molar-refractivity contribution in [2.75, 3.05) is 0 Å². The molecule has 1 aromatic rings. The number of aromatic amines is 1. The van der Waals surface area contributed by atoms with Crippen molar-refractivity contribution >= 4 is 11.9 Å². The topological polar surface area (TPSA) is 108 Å². The minimum absolute atomic E-state index is 0.0509. The van der Waals surface area contributed by atoms with Gasteiger partial charge in [-0.15, -0.1) is 0 Å². The van der Waals surface area contributed by atoms with Crippen molar-refractivity contribution in [3.8, 4) is 0 Å². The number of nitrogen functional groups attached to an aromatic ring is 1. The van der Waals surface area contributed by atoms with Crippen LogP contribution in [-0.2, 0) is 0 Å². The Labute approximate surface area is 67.3 Å². The molecule has 0 saturated heterocycles. The third kappa shape index (κ3) is 1.28. The highest BCUT2D eigenvalue weighted by Gasteiger charge is 2.16. The average molecular weight is 169 g/mol. The molecule has 0 spiro atoms. The summed E-state index contributed by atoms with van der Waals surface area (Å²) in [4.78, 5) is 23.8. The van der Waals surface area contributed by atoms with Gasteiger partial charge in [0.2, 0.25) is 0 Å². The lowest BCUT2D eigenvalue weighted by Gasteiger charge is -1.96. The van der Waals surface area contributed by atoms with Crippen LogP contribution in [0, 0.1) is 0 Å². The van der Waals surface area contributed by atoms with Gasteiger partial charge in [-0.25, -0.2) is 10.6 Å². The summed E-state index contributed by atoms with van der Waals surface area (Å²) in [6.07, 6.45) is 1.36. The smallest absolute Gasteiger partial charge is 0.338 e. The molecule has 0 aliphatic carbocycles. The number of carbonyl (C=O) groups is 2. The molecule has 0 saturated carbocycles. The molecular formula is C6H7N3O3. The van der Waals surface area contributed by atoms with Crippen LogP contribution in [0.5, 0.6) is 0 Å². The van der Waals surface area contributed by atoms with E-state index in [1.807, 2.05) is 5.43 Å². The summed E-state index contributed by atoms with van der Waals surface area (Å²) in [6, 6.07) is 1.28. The predicted molar refractivity (Wildman–Crippen MR) is 39.4 cm³/mol. The van der Waals surface area contributed by atoms with E-state index in [1.54, 1.807) is 0 Å². The average Bonchev–Trinajstić information content (AvgIpc) is 2.50. The molecule has 0 aliphatic heterocycles. The number of hydrazine groups is 1. The first-order valence-corrected chi connectivity index (χ1v) is 3.08. The van der Waals surface area contributed by atoms with Crippen LogP contribution in [-0.4, -0.2) is 22.0 Å². The van der Waals surface area contributed by atoms with Gasteiger partial charge in [-0.05, 0) is 6.07 Å². The summed E-state index contributed by atoms with van der Waals surface area (Å²) in [5.41, 5.74) is 1.68. The number of hydrogen-bond donors (Lipinski definition) is 4. The summed E-state index contributed by atoms with van der Waals surface area (Å²) >= 11 is 0. The normalized spacial score (nSPS) is 9.42. The zero-order chi connectivity index (χ0) is 9.14. The number of carbonyl (C=O) groups excluding carboxylic acids is 1. The zero-order valence-corrected chi connectivity index (χ0v) is 6.00. The highest BCUT2D eigenvalue weighted by atomic mass is 16.4. The molecule has 6 nitrogen and oxygen atoms in total. The Balaban J connectivity index is 3.07. The highest BCUT2D eigenvalue weighted by Crippen LogP contribution is 2.05. The minimum Gasteiger partial charge on any atom is -0.478 e. The van der Waals surface area contributed by atoms with Gasteiger partial charge >= 0.3 is 5.97 Å². The first-order valence-electron chi connectivity index (χ1n) is 3.08. The van der Waals surface area contributed by atoms with Crippen LogP contribution in [0.2, 0.25) is 0 Å². The van der Waals surface area contributed by atoms with Gasteiger partial charge in [-0.1, -0.05) is 0 Å². The molecule has 0 atom stereocenters. The van der Waals surface area contributed by atoms with Crippen molar-refractivity contribution in [1.82, 2.24) is 10.4 Å². The quantitative estimate of drug-likeness (QED) is 0.267. The third-order valence-electron chi connectivity index (χ3n) is 1.34. The van der Waals surface area contributed by atoms with Crippen LogP contribution in [0.15, 0.2) is 12.3 Å². The fourth-order valence-corrected chi connectivity index (χ4v) is 0.808. The first-order chi connectivity index (χ1) is 5.66. The Morgan fingerprint density at radius 1 is 1.58 bits per heavy atom. The second-order valence-corrected chi connectivity index (χ2v) is 2.04. The van der Waals surface area contributed by atoms with Gasteiger partial charge in [-0.3, -0.25) is 10.2 Å². The van der Waals surface area contributed by atoms with Crippen LogP contribution in [0.1, 0.15) is 20.8 Å². The summed E-state index contributed by atoms with van der Waals surface area (Å²) in [7, 11) is 0. The van der Waals surface area contributed by atoms with Crippen molar-refractivity contribution in [1.29, 1.82) is 0 Å².